The van der Waals surface area contributed by atoms with Gasteiger partial charge in [0.1, 0.15) is 42.2 Å². The number of allylic oxidation sites excluding steroid dienone is 4. The highest BCUT2D eigenvalue weighted by Gasteiger charge is 2.36. The number of ketones is 4. The summed E-state index contributed by atoms with van der Waals surface area (Å²) in [7, 11) is -4.66. The zero-order valence-corrected chi connectivity index (χ0v) is 37.4. The van der Waals surface area contributed by atoms with E-state index >= 15 is 0 Å². The van der Waals surface area contributed by atoms with Crippen molar-refractivity contribution in [2.24, 2.45) is 11.5 Å². The number of hydrogen-bond acceptors (Lipinski definition) is 18. The molecule has 0 aromatic heterocycles. The second-order valence-corrected chi connectivity index (χ2v) is 17.6. The summed E-state index contributed by atoms with van der Waals surface area (Å²) in [5.74, 6) is -13.0. The average Bonchev–Trinajstić information content (AvgIpc) is 3.28. The number of rotatable bonds is 23. The molecule has 4 unspecified atom stereocenters. The molecule has 364 valence electrons. The number of aliphatic carboxylic acids is 4. The van der Waals surface area contributed by atoms with Crippen LogP contribution in [0.2, 0.25) is 0 Å². The van der Waals surface area contributed by atoms with Gasteiger partial charge in [0.25, 0.3) is 10.1 Å². The van der Waals surface area contributed by atoms with Crippen molar-refractivity contribution in [2.45, 2.75) is 49.9 Å². The summed E-state index contributed by atoms with van der Waals surface area (Å²) < 4.78 is 30.5. The molecule has 4 atom stereocenters. The number of hydrogen-bond donors (Lipinski definition) is 11. The van der Waals surface area contributed by atoms with Crippen LogP contribution in [0.15, 0.2) is 69.3 Å². The van der Waals surface area contributed by atoms with E-state index in [-0.39, 0.29) is 44.9 Å². The predicted octanol–water partition coefficient (Wildman–Crippen LogP) is -1.66. The number of nitrogens with two attached hydrogens (primary N) is 2. The van der Waals surface area contributed by atoms with Gasteiger partial charge in [-0.2, -0.15) is 8.42 Å². The van der Waals surface area contributed by atoms with Crippen LogP contribution in [0.25, 0.3) is 0 Å². The number of carboxylic acid groups (broad SMARTS) is 4. The van der Waals surface area contributed by atoms with Gasteiger partial charge in [0.2, 0.25) is 41.0 Å². The summed E-state index contributed by atoms with van der Waals surface area (Å²) in [5.41, 5.74) is 11.0. The van der Waals surface area contributed by atoms with Gasteiger partial charge in [0.15, 0.2) is 5.78 Å². The van der Waals surface area contributed by atoms with E-state index in [0.717, 1.165) is 0 Å². The predicted molar refractivity (Wildman–Crippen MR) is 237 cm³/mol. The first-order valence-electron chi connectivity index (χ1n) is 19.4. The van der Waals surface area contributed by atoms with Crippen molar-refractivity contribution in [3.8, 4) is 0 Å². The Balaban J connectivity index is 0.000000637. The maximum atomic E-state index is 13.7. The topological polar surface area (TPSA) is 440 Å². The molecule has 0 fully saturated rings. The minimum Gasteiger partial charge on any atom is -0.480 e. The molecule has 0 aliphatic heterocycles. The molecule has 2 aromatic rings. The number of carboxylic acids is 4. The van der Waals surface area contributed by atoms with Crippen LogP contribution in [0.1, 0.15) is 67.1 Å². The second kappa shape index (κ2) is 25.1. The van der Waals surface area contributed by atoms with E-state index in [0.29, 0.717) is 29.6 Å². The van der Waals surface area contributed by atoms with E-state index in [1.54, 1.807) is 6.07 Å². The summed E-state index contributed by atoms with van der Waals surface area (Å²) >= 11 is 1.27. The lowest BCUT2D eigenvalue weighted by Gasteiger charge is -2.24. The SMILES string of the molecule is NC(CCC(=O)NC(CSC1=C(SCC(NC(=O)CCC(N)C(=O)O)C(=O)NCC(=O)O)C(=O)c2ccccc2C1=O)C(=O)NCC(=O)O)C(=O)O.O=C1C=C(S(=O)(=O)O)C(=O)c2ccccc21. The van der Waals surface area contributed by atoms with Gasteiger partial charge in [-0.15, -0.1) is 23.5 Å². The maximum Gasteiger partial charge on any atom is 0.322 e. The van der Waals surface area contributed by atoms with Gasteiger partial charge in [-0.05, 0) is 12.8 Å². The molecule has 0 radical (unpaired) electrons. The van der Waals surface area contributed by atoms with Crippen LogP contribution in [-0.4, -0.2) is 153 Å². The lowest BCUT2D eigenvalue weighted by molar-refractivity contribution is -0.140. The monoisotopic (exact) mass is 1010 g/mol. The van der Waals surface area contributed by atoms with Gasteiger partial charge in [-0.3, -0.25) is 62.1 Å². The van der Waals surface area contributed by atoms with Crippen molar-refractivity contribution in [3.63, 3.8) is 0 Å². The Hall–Kier alpha value is -7.11. The highest BCUT2D eigenvalue weighted by Crippen LogP contribution is 2.39. The second-order valence-electron chi connectivity index (χ2n) is 14.1. The number of carbonyl (C=O) groups is 12. The van der Waals surface area contributed by atoms with Crippen molar-refractivity contribution in [2.75, 3.05) is 24.6 Å². The molecule has 28 heteroatoms. The van der Waals surface area contributed by atoms with E-state index in [1.165, 1.54) is 42.5 Å². The van der Waals surface area contributed by atoms with Crippen LogP contribution < -0.4 is 32.7 Å². The number of fused-ring (bicyclic) bond motifs is 2. The minimum absolute atomic E-state index is 0.0115. The van der Waals surface area contributed by atoms with Gasteiger partial charge < -0.3 is 53.2 Å². The van der Waals surface area contributed by atoms with E-state index in [2.05, 4.69) is 21.3 Å². The fraction of sp³-hybridized carbons (Fsp3) is 0.300. The Labute approximate surface area is 392 Å². The summed E-state index contributed by atoms with van der Waals surface area (Å²) in [6, 6.07) is 5.75. The Morgan fingerprint density at radius 2 is 0.926 bits per heavy atom. The number of carbonyl (C=O) groups excluding carboxylic acids is 8. The zero-order chi connectivity index (χ0) is 51.0. The molecule has 2 aliphatic carbocycles. The van der Waals surface area contributed by atoms with Crippen molar-refractivity contribution in [1.29, 1.82) is 0 Å². The van der Waals surface area contributed by atoms with Crippen LogP contribution in [0.5, 0.6) is 0 Å². The summed E-state index contributed by atoms with van der Waals surface area (Å²) in [6.07, 6.45) is -0.849. The molecule has 68 heavy (non-hydrogen) atoms. The van der Waals surface area contributed by atoms with E-state index in [4.69, 9.17) is 36.4 Å². The summed E-state index contributed by atoms with van der Waals surface area (Å²) in [5, 5.41) is 44.8. The Kier molecular flexibility index (Phi) is 20.4. The van der Waals surface area contributed by atoms with Crippen LogP contribution in [0.3, 0.4) is 0 Å². The van der Waals surface area contributed by atoms with Gasteiger partial charge in [-0.25, -0.2) is 0 Å². The summed E-state index contributed by atoms with van der Waals surface area (Å²) in [6.45, 7) is -1.68. The Bertz CT molecular complexity index is 2480. The molecule has 2 aromatic carbocycles. The fourth-order valence-corrected chi connectivity index (χ4v) is 8.72. The Morgan fingerprint density at radius 3 is 1.26 bits per heavy atom. The molecule has 13 N–H and O–H groups in total. The third-order valence-electron chi connectivity index (χ3n) is 9.16. The van der Waals surface area contributed by atoms with Gasteiger partial charge in [0, 0.05) is 52.7 Å². The largest absolute Gasteiger partial charge is 0.480 e. The molecule has 0 saturated heterocycles. The maximum absolute atomic E-state index is 13.7. The molecular formula is C40H42N6O19S3. The summed E-state index contributed by atoms with van der Waals surface area (Å²) in [4.78, 5) is 144. The lowest BCUT2D eigenvalue weighted by Crippen LogP contribution is -2.50. The highest BCUT2D eigenvalue weighted by molar-refractivity contribution is 8.08. The smallest absolute Gasteiger partial charge is 0.322 e. The Morgan fingerprint density at radius 1 is 0.574 bits per heavy atom. The van der Waals surface area contributed by atoms with Crippen LogP contribution in [-0.2, 0) is 48.5 Å². The van der Waals surface area contributed by atoms with Crippen molar-refractivity contribution < 1.29 is 90.9 Å². The third kappa shape index (κ3) is 16.0. The van der Waals surface area contributed by atoms with Gasteiger partial charge in [0.05, 0.1) is 9.81 Å². The van der Waals surface area contributed by atoms with Crippen molar-refractivity contribution >= 4 is 104 Å². The van der Waals surface area contributed by atoms with Gasteiger partial charge >= 0.3 is 23.9 Å². The van der Waals surface area contributed by atoms with E-state index in [1.807, 2.05) is 0 Å². The van der Waals surface area contributed by atoms with Crippen LogP contribution >= 0.6 is 23.5 Å². The van der Waals surface area contributed by atoms with Gasteiger partial charge in [-0.1, -0.05) is 48.5 Å². The molecule has 2 aliphatic rings. The number of nitrogens with one attached hydrogen (secondary N) is 4. The number of benzene rings is 2. The normalized spacial score (nSPS) is 14.8. The quantitative estimate of drug-likeness (QED) is 0.0555. The molecule has 0 saturated carbocycles. The van der Waals surface area contributed by atoms with Crippen LogP contribution in [0, 0.1) is 0 Å². The number of thioether (sulfide) groups is 2. The molecule has 4 rings (SSSR count). The standard InChI is InChI=1S/C30H36N6O14S2.C10H6O5S/c31-15(29(47)48)5-7-19(37)35-17(27(45)33-9-21(39)40)11-51-25-23(43)13-3-1-2-4-14(13)24(44)26(25)52-12-18(28(46)34-10-22(41)42)36-20(38)8-6-16(32)30(49)50;11-8-5-9(16(13,14)15)10(12)7-4-2-1-3-6(7)8/h1-4,15-18H,5-12,31-32H2,(H,33,45)(H,34,46)(H,35,37)(H,36,38)(H,39,40)(H,41,42)(H,47,48)(H,49,50);1-5H,(H,13,14,15). The third-order valence-corrected chi connectivity index (χ3v) is 12.5. The molecule has 0 bridgehead atoms. The number of Topliss-reactive ketones (excluding diaryl/α,β-unsaturated/α-hetero) is 3. The highest BCUT2D eigenvalue weighted by atomic mass is 32.2. The zero-order valence-electron chi connectivity index (χ0n) is 35.0. The molecule has 25 nitrogen and oxygen atoms in total. The minimum atomic E-state index is -4.66. The molecule has 0 spiro atoms. The van der Waals surface area contributed by atoms with Crippen LogP contribution in [0.4, 0.5) is 0 Å². The van der Waals surface area contributed by atoms with Crippen molar-refractivity contribution in [1.82, 2.24) is 21.3 Å². The van der Waals surface area contributed by atoms with E-state index in [9.17, 15) is 66.0 Å². The molecular weight excluding hydrogens is 965 g/mol. The van der Waals surface area contributed by atoms with Crippen molar-refractivity contribution in [3.05, 3.63) is 91.6 Å². The average molecular weight is 1010 g/mol. The first-order valence-corrected chi connectivity index (χ1v) is 22.8. The molecule has 4 amide bonds. The van der Waals surface area contributed by atoms with E-state index < -0.39 is 147 Å². The molecule has 0 heterocycles. The first kappa shape index (κ1) is 55.2. The lowest BCUT2D eigenvalue weighted by atomic mass is 9.94. The first-order chi connectivity index (χ1) is 31.8. The fourth-order valence-electron chi connectivity index (χ4n) is 5.70. The number of amides is 4.